The van der Waals surface area contributed by atoms with Gasteiger partial charge in [0.25, 0.3) is 0 Å². The molecule has 3 aliphatic rings. The number of alkyl halides is 3. The third kappa shape index (κ3) is 4.96. The number of rotatable bonds is 7. The van der Waals surface area contributed by atoms with Crippen LogP contribution in [0.25, 0.3) is 11.1 Å². The number of aryl methyl sites for hydroxylation is 1. The molecule has 0 amide bonds. The summed E-state index contributed by atoms with van der Waals surface area (Å²) in [5.41, 5.74) is 6.79. The number of pyridine rings is 2. The number of fused-ring (bicyclic) bond motifs is 3. The topological polar surface area (TPSA) is 90.5 Å². The van der Waals surface area contributed by atoms with Crippen molar-refractivity contribution in [3.63, 3.8) is 0 Å². The van der Waals surface area contributed by atoms with Crippen LogP contribution >= 0.6 is 0 Å². The maximum Gasteiger partial charge on any atom is 0.417 e. The largest absolute Gasteiger partial charge is 0.477 e. The third-order valence-corrected chi connectivity index (χ3v) is 8.19. The quantitative estimate of drug-likeness (QED) is 0.392. The van der Waals surface area contributed by atoms with E-state index < -0.39 is 23.2 Å². The van der Waals surface area contributed by atoms with Crippen LogP contribution in [0.15, 0.2) is 36.5 Å². The van der Waals surface area contributed by atoms with Gasteiger partial charge in [0.15, 0.2) is 0 Å². The number of benzene rings is 1. The SMILES string of the molecule is Cc1nc(OCC2CC(C)(O)C2)ccc1-c1cc(COc2cc3c(cn2)C2C(N)C2C3)c(F)cc1C(F)(F)F. The molecule has 0 bridgehead atoms. The lowest BCUT2D eigenvalue weighted by atomic mass is 9.73. The van der Waals surface area contributed by atoms with E-state index in [-0.39, 0.29) is 47.0 Å². The zero-order valence-electron chi connectivity index (χ0n) is 21.6. The van der Waals surface area contributed by atoms with E-state index in [0.717, 1.165) is 17.5 Å². The first-order valence-electron chi connectivity index (χ1n) is 13.0. The number of aliphatic hydroxyl groups is 1. The van der Waals surface area contributed by atoms with E-state index in [2.05, 4.69) is 9.97 Å². The van der Waals surface area contributed by atoms with E-state index in [4.69, 9.17) is 15.2 Å². The van der Waals surface area contributed by atoms with Gasteiger partial charge >= 0.3 is 6.18 Å². The molecule has 3 N–H and O–H groups in total. The highest BCUT2D eigenvalue weighted by atomic mass is 19.4. The maximum absolute atomic E-state index is 14.9. The van der Waals surface area contributed by atoms with Crippen LogP contribution in [0.3, 0.4) is 0 Å². The predicted octanol–water partition coefficient (Wildman–Crippen LogP) is 5.33. The maximum atomic E-state index is 14.9. The van der Waals surface area contributed by atoms with Gasteiger partial charge in [0.2, 0.25) is 11.8 Å². The molecule has 0 radical (unpaired) electrons. The highest BCUT2D eigenvalue weighted by Crippen LogP contribution is 2.55. The van der Waals surface area contributed by atoms with E-state index in [1.54, 1.807) is 26.1 Å². The molecule has 2 fully saturated rings. The van der Waals surface area contributed by atoms with E-state index in [0.29, 0.717) is 43.0 Å². The minimum atomic E-state index is -4.78. The Kier molecular flexibility index (Phi) is 6.11. The van der Waals surface area contributed by atoms with Gasteiger partial charge in [0, 0.05) is 47.1 Å². The average molecular weight is 544 g/mol. The molecule has 3 aromatic rings. The molecule has 1 aromatic carbocycles. The number of nitrogens with two attached hydrogens (primary N) is 1. The molecular weight excluding hydrogens is 514 g/mol. The van der Waals surface area contributed by atoms with Crippen LogP contribution in [0.5, 0.6) is 11.8 Å². The number of aromatic nitrogens is 2. The Balaban J connectivity index is 1.22. The smallest absolute Gasteiger partial charge is 0.417 e. The second-order valence-electron chi connectivity index (χ2n) is 11.3. The molecule has 2 saturated carbocycles. The van der Waals surface area contributed by atoms with Crippen molar-refractivity contribution in [2.24, 2.45) is 17.6 Å². The van der Waals surface area contributed by atoms with E-state index >= 15 is 0 Å². The number of hydrogen-bond donors (Lipinski definition) is 2. The normalized spacial score (nSPS) is 27.0. The van der Waals surface area contributed by atoms with Gasteiger partial charge in [-0.3, -0.25) is 0 Å². The second-order valence-corrected chi connectivity index (χ2v) is 11.3. The Bertz CT molecular complexity index is 1430. The molecule has 0 saturated heterocycles. The second kappa shape index (κ2) is 9.16. The van der Waals surface area contributed by atoms with Gasteiger partial charge in [-0.1, -0.05) is 0 Å². The van der Waals surface area contributed by atoms with Crippen LogP contribution in [0, 0.1) is 24.6 Å². The van der Waals surface area contributed by atoms with Gasteiger partial charge in [-0.25, -0.2) is 14.4 Å². The van der Waals surface area contributed by atoms with Crippen molar-refractivity contribution < 1.29 is 32.1 Å². The van der Waals surface area contributed by atoms with Crippen molar-refractivity contribution in [3.8, 4) is 22.9 Å². The number of hydrogen-bond acceptors (Lipinski definition) is 6. The zero-order valence-corrected chi connectivity index (χ0v) is 21.6. The monoisotopic (exact) mass is 543 g/mol. The Morgan fingerprint density at radius 3 is 2.56 bits per heavy atom. The summed E-state index contributed by atoms with van der Waals surface area (Å²) in [6.45, 7) is 3.43. The van der Waals surface area contributed by atoms with Gasteiger partial charge < -0.3 is 20.3 Å². The van der Waals surface area contributed by atoms with Crippen molar-refractivity contribution in [2.75, 3.05) is 6.61 Å². The van der Waals surface area contributed by atoms with Crippen LogP contribution < -0.4 is 15.2 Å². The molecule has 3 aliphatic carbocycles. The van der Waals surface area contributed by atoms with Gasteiger partial charge in [0.1, 0.15) is 12.4 Å². The van der Waals surface area contributed by atoms with Crippen molar-refractivity contribution in [3.05, 3.63) is 70.3 Å². The Morgan fingerprint density at radius 1 is 1.10 bits per heavy atom. The molecule has 3 atom stereocenters. The fourth-order valence-electron chi connectivity index (χ4n) is 6.14. The minimum Gasteiger partial charge on any atom is -0.477 e. The number of nitrogens with zero attached hydrogens (tertiary/aromatic N) is 2. The standard InChI is InChI=1S/C29H29F4N3O3/c1-14-18(3-4-24(36-14)38-12-15-9-28(2,37)10-15)19-6-17(23(30)8-22(19)29(31,32)33)13-39-25-7-16-5-20-26(27(20)34)21(16)11-35-25/h3-4,6-8,11,15,20,26-27,37H,5,9-10,12-13,34H2,1-2H3. The zero-order chi connectivity index (χ0) is 27.7. The molecule has 2 aromatic heterocycles. The first-order chi connectivity index (χ1) is 18.4. The lowest BCUT2D eigenvalue weighted by Crippen LogP contribution is -2.43. The molecule has 10 heteroatoms. The lowest BCUT2D eigenvalue weighted by Gasteiger charge is -2.40. The van der Waals surface area contributed by atoms with Crippen molar-refractivity contribution >= 4 is 0 Å². The summed E-state index contributed by atoms with van der Waals surface area (Å²) < 4.78 is 68.1. The summed E-state index contributed by atoms with van der Waals surface area (Å²) in [6.07, 6.45) is -0.970. The van der Waals surface area contributed by atoms with Gasteiger partial charge in [-0.15, -0.1) is 0 Å². The van der Waals surface area contributed by atoms with Crippen LogP contribution in [0.4, 0.5) is 17.6 Å². The Labute approximate surface area is 223 Å². The Hall–Kier alpha value is -3.24. The number of halogens is 4. The molecule has 206 valence electrons. The summed E-state index contributed by atoms with van der Waals surface area (Å²) in [4.78, 5) is 8.64. The number of ether oxygens (including phenoxy) is 2. The molecule has 0 spiro atoms. The Morgan fingerprint density at radius 2 is 1.87 bits per heavy atom. The van der Waals surface area contributed by atoms with E-state index in [1.165, 1.54) is 18.2 Å². The summed E-state index contributed by atoms with van der Waals surface area (Å²) in [6, 6.07) is 6.65. The van der Waals surface area contributed by atoms with Crippen LogP contribution in [0.2, 0.25) is 0 Å². The van der Waals surface area contributed by atoms with Crippen molar-refractivity contribution in [1.82, 2.24) is 9.97 Å². The van der Waals surface area contributed by atoms with E-state index in [9.17, 15) is 22.7 Å². The summed E-state index contributed by atoms with van der Waals surface area (Å²) >= 11 is 0. The van der Waals surface area contributed by atoms with Crippen molar-refractivity contribution in [1.29, 1.82) is 0 Å². The van der Waals surface area contributed by atoms with Gasteiger partial charge in [-0.2, -0.15) is 13.2 Å². The highest BCUT2D eigenvalue weighted by molar-refractivity contribution is 5.71. The van der Waals surface area contributed by atoms with Gasteiger partial charge in [-0.05, 0) is 79.8 Å². The fourth-order valence-corrected chi connectivity index (χ4v) is 6.14. The molecule has 2 heterocycles. The van der Waals surface area contributed by atoms with Crippen LogP contribution in [-0.4, -0.2) is 33.3 Å². The molecular formula is C29H29F4N3O3. The van der Waals surface area contributed by atoms with Gasteiger partial charge in [0.05, 0.1) is 17.8 Å². The van der Waals surface area contributed by atoms with Crippen LogP contribution in [0.1, 0.15) is 53.6 Å². The first kappa shape index (κ1) is 26.0. The molecule has 0 aliphatic heterocycles. The highest BCUT2D eigenvalue weighted by Gasteiger charge is 2.53. The first-order valence-corrected chi connectivity index (χ1v) is 13.0. The molecule has 6 rings (SSSR count). The van der Waals surface area contributed by atoms with Crippen LogP contribution in [-0.2, 0) is 19.2 Å². The summed E-state index contributed by atoms with van der Waals surface area (Å²) in [7, 11) is 0. The molecule has 3 unspecified atom stereocenters. The lowest BCUT2D eigenvalue weighted by molar-refractivity contribution is -0.137. The average Bonchev–Trinajstić information content (AvgIpc) is 3.30. The third-order valence-electron chi connectivity index (χ3n) is 8.19. The van der Waals surface area contributed by atoms with Crippen molar-refractivity contribution in [2.45, 2.75) is 63.5 Å². The molecule has 39 heavy (non-hydrogen) atoms. The van der Waals surface area contributed by atoms with E-state index in [1.807, 2.05) is 0 Å². The summed E-state index contributed by atoms with van der Waals surface area (Å²) in [5, 5.41) is 9.87. The predicted molar refractivity (Wildman–Crippen MR) is 135 cm³/mol. The molecule has 6 nitrogen and oxygen atoms in total. The summed E-state index contributed by atoms with van der Waals surface area (Å²) in [5.74, 6) is 0.512. The minimum absolute atomic E-state index is 0.0260. The fraction of sp³-hybridized carbons (Fsp3) is 0.448.